The van der Waals surface area contributed by atoms with E-state index in [4.69, 9.17) is 22.1 Å². The van der Waals surface area contributed by atoms with Crippen LogP contribution in [-0.2, 0) is 6.42 Å². The Hall–Kier alpha value is -1.10. The van der Waals surface area contributed by atoms with Gasteiger partial charge in [-0.3, -0.25) is 0 Å². The molecule has 106 valence electrons. The molecule has 1 atom stereocenters. The molecule has 2 aromatic rings. The molecule has 2 N–H and O–H groups in total. The summed E-state index contributed by atoms with van der Waals surface area (Å²) in [5.41, 5.74) is 6.76. The summed E-state index contributed by atoms with van der Waals surface area (Å²) in [5, 5.41) is 0.433. The Morgan fingerprint density at radius 2 is 2.00 bits per heavy atom. The fourth-order valence-electron chi connectivity index (χ4n) is 1.80. The van der Waals surface area contributed by atoms with Crippen LogP contribution in [0.2, 0.25) is 5.02 Å². The predicted molar refractivity (Wildman–Crippen MR) is 83.0 cm³/mol. The van der Waals surface area contributed by atoms with Crippen molar-refractivity contribution >= 4 is 27.5 Å². The van der Waals surface area contributed by atoms with Crippen LogP contribution in [0.5, 0.6) is 11.5 Å². The lowest BCUT2D eigenvalue weighted by Crippen LogP contribution is -2.17. The molecule has 0 fully saturated rings. The van der Waals surface area contributed by atoms with E-state index in [2.05, 4.69) is 15.9 Å². The van der Waals surface area contributed by atoms with Gasteiger partial charge >= 0.3 is 0 Å². The van der Waals surface area contributed by atoms with Crippen LogP contribution in [0.3, 0.4) is 0 Å². The summed E-state index contributed by atoms with van der Waals surface area (Å²) in [6.45, 7) is 1.93. The van der Waals surface area contributed by atoms with E-state index in [9.17, 15) is 4.39 Å². The highest BCUT2D eigenvalue weighted by Gasteiger charge is 2.09. The predicted octanol–water partition coefficient (Wildman–Crippen LogP) is 4.92. The second-order valence-electron chi connectivity index (χ2n) is 4.62. The molecule has 0 heterocycles. The molecule has 1 unspecified atom stereocenters. The van der Waals surface area contributed by atoms with Gasteiger partial charge in [0.15, 0.2) is 11.6 Å². The van der Waals surface area contributed by atoms with E-state index < -0.39 is 5.82 Å². The quantitative estimate of drug-likeness (QED) is 0.841. The maximum absolute atomic E-state index is 13.6. The first-order valence-electron chi connectivity index (χ1n) is 6.12. The molecule has 0 amide bonds. The SMILES string of the molecule is CC(N)Cc1ccc(Oc2cc(Br)ccc2F)c(Cl)c1. The molecule has 0 spiro atoms. The summed E-state index contributed by atoms with van der Waals surface area (Å²) < 4.78 is 19.9. The van der Waals surface area contributed by atoms with Crippen molar-refractivity contribution in [2.24, 2.45) is 5.73 Å². The normalized spacial score (nSPS) is 12.2. The van der Waals surface area contributed by atoms with Gasteiger partial charge in [0.2, 0.25) is 0 Å². The van der Waals surface area contributed by atoms with Crippen molar-refractivity contribution in [2.75, 3.05) is 0 Å². The minimum Gasteiger partial charge on any atom is -0.453 e. The molecule has 0 aliphatic heterocycles. The lowest BCUT2D eigenvalue weighted by molar-refractivity contribution is 0.442. The zero-order valence-electron chi connectivity index (χ0n) is 10.9. The molecule has 2 rings (SSSR count). The number of benzene rings is 2. The third kappa shape index (κ3) is 3.95. The Labute approximate surface area is 130 Å². The third-order valence-electron chi connectivity index (χ3n) is 2.67. The molecule has 2 nitrogen and oxygen atoms in total. The fourth-order valence-corrected chi connectivity index (χ4v) is 2.38. The summed E-state index contributed by atoms with van der Waals surface area (Å²) in [4.78, 5) is 0. The van der Waals surface area contributed by atoms with E-state index in [1.807, 2.05) is 13.0 Å². The Balaban J connectivity index is 2.23. The first-order chi connectivity index (χ1) is 9.45. The number of rotatable bonds is 4. The van der Waals surface area contributed by atoms with E-state index in [-0.39, 0.29) is 11.8 Å². The summed E-state index contributed by atoms with van der Waals surface area (Å²) in [7, 11) is 0. The van der Waals surface area contributed by atoms with Crippen molar-refractivity contribution in [2.45, 2.75) is 19.4 Å². The number of nitrogens with two attached hydrogens (primary N) is 1. The van der Waals surface area contributed by atoms with Crippen molar-refractivity contribution in [1.82, 2.24) is 0 Å². The van der Waals surface area contributed by atoms with E-state index in [1.54, 1.807) is 24.3 Å². The Bertz CT molecular complexity index is 619. The first-order valence-corrected chi connectivity index (χ1v) is 7.29. The Morgan fingerprint density at radius 1 is 1.25 bits per heavy atom. The molecule has 20 heavy (non-hydrogen) atoms. The van der Waals surface area contributed by atoms with Crippen molar-refractivity contribution in [3.63, 3.8) is 0 Å². The molecule has 0 aliphatic rings. The van der Waals surface area contributed by atoms with E-state index >= 15 is 0 Å². The first kappa shape index (κ1) is 15.3. The molecule has 2 aromatic carbocycles. The van der Waals surface area contributed by atoms with Crippen LogP contribution in [0.15, 0.2) is 40.9 Å². The smallest absolute Gasteiger partial charge is 0.165 e. The van der Waals surface area contributed by atoms with Gasteiger partial charge in [0.05, 0.1) is 5.02 Å². The summed E-state index contributed by atoms with van der Waals surface area (Å²) >= 11 is 9.43. The molecule has 0 saturated heterocycles. The van der Waals surface area contributed by atoms with Gasteiger partial charge in [-0.25, -0.2) is 4.39 Å². The molecular formula is C15H14BrClFNO. The monoisotopic (exact) mass is 357 g/mol. The minimum atomic E-state index is -0.441. The number of hydrogen-bond acceptors (Lipinski definition) is 2. The highest BCUT2D eigenvalue weighted by molar-refractivity contribution is 9.10. The van der Waals surface area contributed by atoms with E-state index in [0.717, 1.165) is 16.5 Å². The summed E-state index contributed by atoms with van der Waals surface area (Å²) in [6.07, 6.45) is 0.727. The van der Waals surface area contributed by atoms with Gasteiger partial charge in [-0.15, -0.1) is 0 Å². The largest absolute Gasteiger partial charge is 0.453 e. The molecule has 0 aromatic heterocycles. The van der Waals surface area contributed by atoms with Gasteiger partial charge in [-0.1, -0.05) is 33.6 Å². The highest BCUT2D eigenvalue weighted by atomic mass is 79.9. The minimum absolute atomic E-state index is 0.0559. The van der Waals surface area contributed by atoms with Gasteiger partial charge in [0, 0.05) is 10.5 Å². The summed E-state index contributed by atoms with van der Waals surface area (Å²) in [5.74, 6) is 0.0993. The van der Waals surface area contributed by atoms with Gasteiger partial charge in [0.1, 0.15) is 5.75 Å². The second kappa shape index (κ2) is 6.57. The average molecular weight is 359 g/mol. The van der Waals surface area contributed by atoms with Crippen LogP contribution in [0.25, 0.3) is 0 Å². The zero-order chi connectivity index (χ0) is 14.7. The van der Waals surface area contributed by atoms with Crippen LogP contribution in [0.1, 0.15) is 12.5 Å². The molecule has 5 heteroatoms. The third-order valence-corrected chi connectivity index (χ3v) is 3.46. The molecule has 0 saturated carbocycles. The lowest BCUT2D eigenvalue weighted by atomic mass is 10.1. The van der Waals surface area contributed by atoms with Crippen LogP contribution >= 0.6 is 27.5 Å². The van der Waals surface area contributed by atoms with Gasteiger partial charge in [0.25, 0.3) is 0 Å². The number of hydrogen-bond donors (Lipinski definition) is 1. The zero-order valence-corrected chi connectivity index (χ0v) is 13.2. The van der Waals surface area contributed by atoms with Crippen molar-refractivity contribution in [1.29, 1.82) is 0 Å². The van der Waals surface area contributed by atoms with Crippen molar-refractivity contribution in [3.8, 4) is 11.5 Å². The van der Waals surface area contributed by atoms with Crippen LogP contribution < -0.4 is 10.5 Å². The highest BCUT2D eigenvalue weighted by Crippen LogP contribution is 2.33. The lowest BCUT2D eigenvalue weighted by Gasteiger charge is -2.11. The molecule has 0 aliphatic carbocycles. The van der Waals surface area contributed by atoms with Crippen LogP contribution in [0, 0.1) is 5.82 Å². The average Bonchev–Trinajstić information content (AvgIpc) is 2.36. The van der Waals surface area contributed by atoms with Crippen LogP contribution in [-0.4, -0.2) is 6.04 Å². The number of halogens is 3. The molecular weight excluding hydrogens is 345 g/mol. The topological polar surface area (TPSA) is 35.2 Å². The number of ether oxygens (including phenoxy) is 1. The maximum atomic E-state index is 13.6. The fraction of sp³-hybridized carbons (Fsp3) is 0.200. The Morgan fingerprint density at radius 3 is 2.65 bits per heavy atom. The Kier molecular flexibility index (Phi) is 5.02. The standard InChI is InChI=1S/C15H14BrClFNO/c1-9(19)6-10-2-5-14(12(17)7-10)20-15-8-11(16)3-4-13(15)18/h2-5,7-9H,6,19H2,1H3. The van der Waals surface area contributed by atoms with E-state index in [1.165, 1.54) is 6.07 Å². The molecule has 0 radical (unpaired) electrons. The van der Waals surface area contributed by atoms with E-state index in [0.29, 0.717) is 10.8 Å². The summed E-state index contributed by atoms with van der Waals surface area (Å²) in [6, 6.07) is 9.94. The maximum Gasteiger partial charge on any atom is 0.165 e. The van der Waals surface area contributed by atoms with Crippen molar-refractivity contribution in [3.05, 3.63) is 57.3 Å². The van der Waals surface area contributed by atoms with Crippen LogP contribution in [0.4, 0.5) is 4.39 Å². The van der Waals surface area contributed by atoms with Gasteiger partial charge < -0.3 is 10.5 Å². The van der Waals surface area contributed by atoms with Crippen molar-refractivity contribution < 1.29 is 9.13 Å². The molecule has 0 bridgehead atoms. The second-order valence-corrected chi connectivity index (χ2v) is 5.95. The van der Waals surface area contributed by atoms with Gasteiger partial charge in [-0.05, 0) is 49.2 Å². The van der Waals surface area contributed by atoms with Gasteiger partial charge in [-0.2, -0.15) is 0 Å².